The van der Waals surface area contributed by atoms with Gasteiger partial charge >= 0.3 is 6.18 Å². The van der Waals surface area contributed by atoms with Gasteiger partial charge in [-0.3, -0.25) is 9.78 Å². The van der Waals surface area contributed by atoms with E-state index in [1.54, 1.807) is 13.1 Å². The van der Waals surface area contributed by atoms with E-state index in [4.69, 9.17) is 0 Å². The molecule has 1 fully saturated rings. The molecule has 178 valence electrons. The van der Waals surface area contributed by atoms with Crippen LogP contribution in [0, 0.1) is 18.3 Å². The van der Waals surface area contributed by atoms with Gasteiger partial charge in [-0.05, 0) is 44.4 Å². The van der Waals surface area contributed by atoms with Gasteiger partial charge in [0.15, 0.2) is 11.3 Å². The van der Waals surface area contributed by atoms with Crippen LogP contribution in [0.15, 0.2) is 35.4 Å². The number of halogens is 3. The summed E-state index contributed by atoms with van der Waals surface area (Å²) < 4.78 is 40.1. The van der Waals surface area contributed by atoms with Crippen molar-refractivity contribution in [3.05, 3.63) is 75.2 Å². The molecule has 12 heteroatoms. The zero-order valence-corrected chi connectivity index (χ0v) is 18.7. The van der Waals surface area contributed by atoms with Crippen molar-refractivity contribution in [3.63, 3.8) is 0 Å². The predicted molar refractivity (Wildman–Crippen MR) is 117 cm³/mol. The van der Waals surface area contributed by atoms with Crippen LogP contribution in [-0.2, 0) is 6.18 Å². The second-order valence-corrected chi connectivity index (χ2v) is 8.55. The molecule has 5 rings (SSSR count). The van der Waals surface area contributed by atoms with Crippen molar-refractivity contribution in [2.75, 3.05) is 0 Å². The number of aromatic amines is 1. The predicted octanol–water partition coefficient (Wildman–Crippen LogP) is 3.77. The van der Waals surface area contributed by atoms with Crippen LogP contribution in [0.1, 0.15) is 71.9 Å². The molecule has 0 saturated heterocycles. The summed E-state index contributed by atoms with van der Waals surface area (Å²) in [7, 11) is 0. The van der Waals surface area contributed by atoms with Crippen molar-refractivity contribution in [1.82, 2.24) is 34.7 Å². The summed E-state index contributed by atoms with van der Waals surface area (Å²) in [5.74, 6) is 0.983. The van der Waals surface area contributed by atoms with Crippen molar-refractivity contribution >= 4 is 11.0 Å². The first-order valence-electron chi connectivity index (χ1n) is 10.9. The fourth-order valence-electron chi connectivity index (χ4n) is 4.33. The van der Waals surface area contributed by atoms with Crippen molar-refractivity contribution < 1.29 is 13.2 Å². The molecule has 0 spiro atoms. The molecular formula is C23H19F3N8O. The van der Waals surface area contributed by atoms with Gasteiger partial charge in [-0.25, -0.2) is 19.6 Å². The molecule has 1 saturated carbocycles. The number of aromatic nitrogens is 7. The van der Waals surface area contributed by atoms with Crippen LogP contribution in [0.3, 0.4) is 0 Å². The van der Waals surface area contributed by atoms with Gasteiger partial charge in [0.25, 0.3) is 5.56 Å². The lowest BCUT2D eigenvalue weighted by Crippen LogP contribution is -2.28. The molecule has 0 unspecified atom stereocenters. The van der Waals surface area contributed by atoms with E-state index in [-0.39, 0.29) is 28.6 Å². The van der Waals surface area contributed by atoms with Gasteiger partial charge in [-0.2, -0.15) is 23.5 Å². The number of alkyl halides is 3. The Hall–Kier alpha value is -4.14. The fourth-order valence-corrected chi connectivity index (χ4v) is 4.33. The number of pyridine rings is 1. The normalized spacial score (nSPS) is 18.7. The number of rotatable bonds is 4. The van der Waals surface area contributed by atoms with Gasteiger partial charge in [-0.15, -0.1) is 0 Å². The van der Waals surface area contributed by atoms with Crippen molar-refractivity contribution in [2.24, 2.45) is 0 Å². The molecule has 9 nitrogen and oxygen atoms in total. The number of aryl methyl sites for hydroxylation is 1. The van der Waals surface area contributed by atoms with Gasteiger partial charge in [0.2, 0.25) is 0 Å². The summed E-state index contributed by atoms with van der Waals surface area (Å²) in [5, 5.41) is 13.8. The average molecular weight is 480 g/mol. The third-order valence-corrected chi connectivity index (χ3v) is 6.38. The number of nitriles is 1. The minimum Gasteiger partial charge on any atom is -0.310 e. The maximum absolute atomic E-state index is 13.0. The van der Waals surface area contributed by atoms with E-state index in [1.807, 2.05) is 19.1 Å². The van der Waals surface area contributed by atoms with Crippen LogP contribution in [0.2, 0.25) is 0 Å². The third-order valence-electron chi connectivity index (χ3n) is 6.38. The van der Waals surface area contributed by atoms with E-state index in [0.29, 0.717) is 17.2 Å². The van der Waals surface area contributed by atoms with Gasteiger partial charge in [0, 0.05) is 29.9 Å². The van der Waals surface area contributed by atoms with E-state index in [1.165, 1.54) is 10.7 Å². The number of H-pyrrole nitrogens is 1. The Bertz CT molecular complexity index is 1520. The van der Waals surface area contributed by atoms with Crippen molar-refractivity contribution in [3.8, 4) is 6.07 Å². The molecule has 3 atom stereocenters. The monoisotopic (exact) mass is 480 g/mol. The van der Waals surface area contributed by atoms with Gasteiger partial charge in [0.1, 0.15) is 28.8 Å². The van der Waals surface area contributed by atoms with Crippen LogP contribution >= 0.6 is 0 Å². The molecule has 4 aromatic heterocycles. The van der Waals surface area contributed by atoms with E-state index >= 15 is 0 Å². The highest BCUT2D eigenvalue weighted by atomic mass is 19.4. The van der Waals surface area contributed by atoms with Crippen molar-refractivity contribution in [2.45, 2.75) is 50.7 Å². The zero-order valence-electron chi connectivity index (χ0n) is 18.7. The molecule has 4 aromatic rings. The molecule has 0 amide bonds. The summed E-state index contributed by atoms with van der Waals surface area (Å²) in [6.07, 6.45) is -0.142. The Morgan fingerprint density at radius 2 is 1.94 bits per heavy atom. The third kappa shape index (κ3) is 3.92. The quantitative estimate of drug-likeness (QED) is 0.471. The standard InChI is InChI=1S/C23H19F3N8O/c1-11-7-8-28-19(30-11)14-4-5-15(14)20-31-21-18(22(35)32-20)16(9-27)33-34(21)12(2)13-3-6-17(29-10-13)23(24,25)26/h3,6-8,10,12,14-15H,4-5H2,1-2H3,(H,31,32,35)/t12-,14-,15-/m0/s1. The molecule has 0 aliphatic heterocycles. The summed E-state index contributed by atoms with van der Waals surface area (Å²) in [5.41, 5.74) is -0.176. The van der Waals surface area contributed by atoms with Crippen LogP contribution in [0.4, 0.5) is 13.2 Å². The molecule has 1 aliphatic rings. The molecule has 0 bridgehead atoms. The molecule has 1 aliphatic carbocycles. The lowest BCUT2D eigenvalue weighted by Gasteiger charge is -2.34. The maximum Gasteiger partial charge on any atom is 0.433 e. The summed E-state index contributed by atoms with van der Waals surface area (Å²) in [6, 6.07) is 5.27. The molecule has 0 aromatic carbocycles. The SMILES string of the molecule is Cc1ccnc([C@H]2CC[C@@H]2c2nc3c(c(C#N)nn3[C@@H](C)c3ccc(C(F)(F)F)nc3)c(=O)[nH]2)n1. The molecule has 4 heterocycles. The highest BCUT2D eigenvalue weighted by molar-refractivity contribution is 5.80. The van der Waals surface area contributed by atoms with Crippen LogP contribution < -0.4 is 5.56 Å². The van der Waals surface area contributed by atoms with Gasteiger partial charge in [0.05, 0.1) is 6.04 Å². The Morgan fingerprint density at radius 1 is 1.17 bits per heavy atom. The minimum absolute atomic E-state index is 0.0150. The number of hydrogen-bond acceptors (Lipinski definition) is 7. The van der Waals surface area contributed by atoms with Crippen LogP contribution in [-0.4, -0.2) is 34.7 Å². The van der Waals surface area contributed by atoms with E-state index in [2.05, 4.69) is 30.0 Å². The second-order valence-electron chi connectivity index (χ2n) is 8.55. The van der Waals surface area contributed by atoms with Crippen molar-refractivity contribution in [1.29, 1.82) is 5.26 Å². The Balaban J connectivity index is 1.57. The Kier molecular flexibility index (Phi) is 5.35. The number of nitrogens with zero attached hydrogens (tertiary/aromatic N) is 7. The first-order valence-corrected chi connectivity index (χ1v) is 10.9. The number of hydrogen-bond donors (Lipinski definition) is 1. The van der Waals surface area contributed by atoms with E-state index < -0.39 is 23.5 Å². The smallest absolute Gasteiger partial charge is 0.310 e. The number of fused-ring (bicyclic) bond motifs is 1. The lowest BCUT2D eigenvalue weighted by atomic mass is 9.72. The molecular weight excluding hydrogens is 461 g/mol. The fraction of sp³-hybridized carbons (Fsp3) is 0.348. The average Bonchev–Trinajstić information content (AvgIpc) is 3.17. The summed E-state index contributed by atoms with van der Waals surface area (Å²) in [6.45, 7) is 3.57. The topological polar surface area (TPSA) is 126 Å². The van der Waals surface area contributed by atoms with Crippen LogP contribution in [0.25, 0.3) is 11.0 Å². The first-order chi connectivity index (χ1) is 16.7. The number of nitrogens with one attached hydrogen (secondary N) is 1. The Labute approximate surface area is 196 Å². The summed E-state index contributed by atoms with van der Waals surface area (Å²) >= 11 is 0. The largest absolute Gasteiger partial charge is 0.433 e. The second kappa shape index (κ2) is 8.26. The van der Waals surface area contributed by atoms with E-state index in [9.17, 15) is 23.2 Å². The molecule has 0 radical (unpaired) electrons. The first kappa shape index (κ1) is 22.6. The Morgan fingerprint density at radius 3 is 2.54 bits per heavy atom. The zero-order chi connectivity index (χ0) is 24.9. The highest BCUT2D eigenvalue weighted by Gasteiger charge is 2.38. The minimum atomic E-state index is -4.56. The lowest BCUT2D eigenvalue weighted by molar-refractivity contribution is -0.141. The maximum atomic E-state index is 13.0. The highest BCUT2D eigenvalue weighted by Crippen LogP contribution is 2.46. The van der Waals surface area contributed by atoms with Gasteiger partial charge < -0.3 is 4.98 Å². The molecule has 1 N–H and O–H groups in total. The molecule has 35 heavy (non-hydrogen) atoms. The summed E-state index contributed by atoms with van der Waals surface area (Å²) in [4.78, 5) is 32.8. The van der Waals surface area contributed by atoms with E-state index in [0.717, 1.165) is 30.8 Å². The van der Waals surface area contributed by atoms with Crippen LogP contribution in [0.5, 0.6) is 0 Å². The van der Waals surface area contributed by atoms with Gasteiger partial charge in [-0.1, -0.05) is 6.07 Å².